The summed E-state index contributed by atoms with van der Waals surface area (Å²) < 4.78 is 223. The molecule has 1 rings (SSSR count). The Labute approximate surface area is 163 Å². The van der Waals surface area contributed by atoms with Gasteiger partial charge in [-0.15, -0.1) is 0 Å². The fraction of sp³-hybridized carbons (Fsp3) is 0.909. The van der Waals surface area contributed by atoms with Crippen molar-refractivity contribution in [2.75, 3.05) is 13.1 Å². The van der Waals surface area contributed by atoms with Crippen LogP contribution in [0.2, 0.25) is 0 Å². The number of aliphatic imine (C=N–C) groups is 1. The van der Waals surface area contributed by atoms with E-state index in [9.17, 15) is 74.6 Å². The molecule has 0 fully saturated rings. The Kier molecular flexibility index (Phi) is 6.72. The van der Waals surface area contributed by atoms with Gasteiger partial charge in [0.25, 0.3) is 0 Å². The molecule has 2 atom stereocenters. The maximum atomic E-state index is 14.1. The standard InChI is InChI=1S/C11H5F17N2O2/c12-4(7(16,17)18,3-29-1-2-30-3)31-11(27,28)6(15,9(22,23)24)32-10(25,26)5(13,14)8(19,20)21/h1-2H2,(H,29,30)/t4-,6-/m0/s1. The Hall–Kier alpha value is -1.80. The number of ether oxygens (including phenoxy) is 2. The van der Waals surface area contributed by atoms with Crippen molar-refractivity contribution < 1.29 is 84.1 Å². The summed E-state index contributed by atoms with van der Waals surface area (Å²) in [6, 6.07) is 0. The van der Waals surface area contributed by atoms with Gasteiger partial charge in [0.2, 0.25) is 0 Å². The van der Waals surface area contributed by atoms with Crippen molar-refractivity contribution in [3.05, 3.63) is 0 Å². The third-order valence-corrected chi connectivity index (χ3v) is 3.34. The molecule has 0 spiro atoms. The number of rotatable bonds is 7. The van der Waals surface area contributed by atoms with Crippen LogP contribution in [0.3, 0.4) is 0 Å². The summed E-state index contributed by atoms with van der Waals surface area (Å²) in [7, 11) is 0. The highest BCUT2D eigenvalue weighted by Crippen LogP contribution is 2.56. The lowest BCUT2D eigenvalue weighted by atomic mass is 10.2. The molecule has 21 heteroatoms. The van der Waals surface area contributed by atoms with Crippen LogP contribution in [-0.4, -0.2) is 67.3 Å². The number of halogens is 17. The summed E-state index contributed by atoms with van der Waals surface area (Å²) >= 11 is 0. The molecule has 1 aliphatic rings. The summed E-state index contributed by atoms with van der Waals surface area (Å²) in [4.78, 5) is 2.54. The molecule has 0 aromatic carbocycles. The van der Waals surface area contributed by atoms with Crippen LogP contribution in [0.25, 0.3) is 0 Å². The van der Waals surface area contributed by atoms with Crippen molar-refractivity contribution in [3.63, 3.8) is 0 Å². The monoisotopic (exact) mass is 520 g/mol. The molecule has 32 heavy (non-hydrogen) atoms. The van der Waals surface area contributed by atoms with Crippen LogP contribution < -0.4 is 5.32 Å². The molecular formula is C11H5F17N2O2. The second kappa shape index (κ2) is 7.62. The second-order valence-electron chi connectivity index (χ2n) is 5.65. The zero-order valence-corrected chi connectivity index (χ0v) is 14.1. The van der Waals surface area contributed by atoms with Crippen molar-refractivity contribution in [1.82, 2.24) is 5.32 Å². The number of nitrogens with zero attached hydrogens (tertiary/aromatic N) is 1. The average molecular weight is 520 g/mol. The molecule has 0 amide bonds. The molecule has 4 nitrogen and oxygen atoms in total. The van der Waals surface area contributed by atoms with Gasteiger partial charge in [0.1, 0.15) is 0 Å². The predicted molar refractivity (Wildman–Crippen MR) is 63.2 cm³/mol. The van der Waals surface area contributed by atoms with Crippen molar-refractivity contribution >= 4 is 5.84 Å². The summed E-state index contributed by atoms with van der Waals surface area (Å²) in [6.07, 6.45) is -37.7. The first kappa shape index (κ1) is 28.2. The highest BCUT2D eigenvalue weighted by molar-refractivity contribution is 5.91. The molecule has 190 valence electrons. The minimum atomic E-state index is -7.89. The minimum Gasteiger partial charge on any atom is -0.367 e. The second-order valence-corrected chi connectivity index (χ2v) is 5.65. The van der Waals surface area contributed by atoms with Gasteiger partial charge < -0.3 is 5.32 Å². The zero-order chi connectivity index (χ0) is 25.8. The Balaban J connectivity index is 3.59. The number of nitrogens with one attached hydrogen (secondary N) is 1. The molecule has 0 saturated heterocycles. The van der Waals surface area contributed by atoms with Gasteiger partial charge >= 0.3 is 48.4 Å². The van der Waals surface area contributed by atoms with Gasteiger partial charge in [0.05, 0.1) is 6.54 Å². The topological polar surface area (TPSA) is 42.9 Å². The van der Waals surface area contributed by atoms with E-state index in [1.807, 2.05) is 0 Å². The molecule has 0 unspecified atom stereocenters. The van der Waals surface area contributed by atoms with Gasteiger partial charge in [-0.2, -0.15) is 74.6 Å². The first-order valence-corrected chi connectivity index (χ1v) is 7.17. The normalized spacial score (nSPS) is 21.0. The Bertz CT molecular complexity index is 725. The van der Waals surface area contributed by atoms with Crippen molar-refractivity contribution in [2.45, 2.75) is 48.4 Å². The van der Waals surface area contributed by atoms with Gasteiger partial charge in [-0.1, -0.05) is 0 Å². The van der Waals surface area contributed by atoms with Crippen LogP contribution in [0.1, 0.15) is 0 Å². The van der Waals surface area contributed by atoms with Crippen LogP contribution in [-0.2, 0) is 9.47 Å². The SMILES string of the molecule is FC(F)(F)C(F)(F)C(F)(F)O[C@@](F)(C(F)(F)F)C(F)(F)O[C@@](F)(C1=NCCN1)C(F)(F)F. The fourth-order valence-corrected chi connectivity index (χ4v) is 1.78. The molecule has 0 aromatic heterocycles. The van der Waals surface area contributed by atoms with E-state index >= 15 is 0 Å². The van der Waals surface area contributed by atoms with Gasteiger partial charge in [-0.3, -0.25) is 14.5 Å². The summed E-state index contributed by atoms with van der Waals surface area (Å²) in [5, 5.41) is 1.24. The smallest absolute Gasteiger partial charge is 0.367 e. The van der Waals surface area contributed by atoms with E-state index in [1.54, 1.807) is 0 Å². The molecule has 0 radical (unpaired) electrons. The third-order valence-electron chi connectivity index (χ3n) is 3.34. The van der Waals surface area contributed by atoms with Gasteiger partial charge in [0, 0.05) is 6.54 Å². The number of hydrogen-bond donors (Lipinski definition) is 1. The molecule has 0 aliphatic carbocycles. The molecular weight excluding hydrogens is 515 g/mol. The van der Waals surface area contributed by atoms with Crippen LogP contribution in [0.4, 0.5) is 74.6 Å². The Morgan fingerprint density at radius 3 is 1.38 bits per heavy atom. The fourth-order valence-electron chi connectivity index (χ4n) is 1.78. The summed E-state index contributed by atoms with van der Waals surface area (Å²) in [6.45, 7) is -1.63. The third kappa shape index (κ3) is 4.49. The van der Waals surface area contributed by atoms with E-state index in [-0.39, 0.29) is 0 Å². The number of hydrogen-bond acceptors (Lipinski definition) is 4. The Morgan fingerprint density at radius 2 is 1.06 bits per heavy atom. The molecule has 1 aliphatic heterocycles. The lowest BCUT2D eigenvalue weighted by Crippen LogP contribution is -2.68. The molecule has 1 N–H and O–H groups in total. The van der Waals surface area contributed by atoms with Crippen molar-refractivity contribution in [3.8, 4) is 0 Å². The maximum absolute atomic E-state index is 14.1. The minimum absolute atomic E-state index is 0.779. The Morgan fingerprint density at radius 1 is 0.594 bits per heavy atom. The summed E-state index contributed by atoms with van der Waals surface area (Å²) in [5.74, 6) is -24.3. The molecule has 0 saturated carbocycles. The number of amidine groups is 1. The van der Waals surface area contributed by atoms with E-state index in [2.05, 4.69) is 9.73 Å². The molecule has 1 heterocycles. The highest BCUT2D eigenvalue weighted by atomic mass is 19.4. The van der Waals surface area contributed by atoms with Crippen molar-refractivity contribution in [1.29, 1.82) is 0 Å². The maximum Gasteiger partial charge on any atom is 0.462 e. The van der Waals surface area contributed by atoms with Crippen LogP contribution in [0, 0.1) is 0 Å². The van der Waals surface area contributed by atoms with Gasteiger partial charge in [-0.25, -0.2) is 0 Å². The van der Waals surface area contributed by atoms with Crippen LogP contribution in [0.5, 0.6) is 0 Å². The van der Waals surface area contributed by atoms with E-state index in [1.165, 1.54) is 10.1 Å². The lowest BCUT2D eigenvalue weighted by Gasteiger charge is -2.40. The van der Waals surface area contributed by atoms with Gasteiger partial charge in [-0.05, 0) is 0 Å². The van der Waals surface area contributed by atoms with Crippen LogP contribution in [0.15, 0.2) is 4.99 Å². The predicted octanol–water partition coefficient (Wildman–Crippen LogP) is 4.86. The quantitative estimate of drug-likeness (QED) is 0.488. The van der Waals surface area contributed by atoms with E-state index in [0.717, 1.165) is 0 Å². The first-order chi connectivity index (χ1) is 13.8. The van der Waals surface area contributed by atoms with Crippen LogP contribution >= 0.6 is 0 Å². The number of alkyl halides is 17. The highest BCUT2D eigenvalue weighted by Gasteiger charge is 2.85. The van der Waals surface area contributed by atoms with E-state index in [4.69, 9.17) is 0 Å². The largest absolute Gasteiger partial charge is 0.462 e. The first-order valence-electron chi connectivity index (χ1n) is 7.17. The summed E-state index contributed by atoms with van der Waals surface area (Å²) in [5.41, 5.74) is 0. The average Bonchev–Trinajstić information content (AvgIpc) is 3.05. The molecule has 0 bridgehead atoms. The van der Waals surface area contributed by atoms with E-state index < -0.39 is 67.3 Å². The lowest BCUT2D eigenvalue weighted by molar-refractivity contribution is -0.547. The zero-order valence-electron chi connectivity index (χ0n) is 14.1. The van der Waals surface area contributed by atoms with Crippen molar-refractivity contribution in [2.24, 2.45) is 4.99 Å². The molecule has 0 aromatic rings. The van der Waals surface area contributed by atoms with E-state index in [0.29, 0.717) is 0 Å². The van der Waals surface area contributed by atoms with Gasteiger partial charge in [0.15, 0.2) is 5.84 Å².